The Balaban J connectivity index is 2.13. The molecule has 1 aromatic rings. The molecule has 5 nitrogen and oxygen atoms in total. The van der Waals surface area contributed by atoms with Crippen molar-refractivity contribution in [1.82, 2.24) is 10.2 Å². The summed E-state index contributed by atoms with van der Waals surface area (Å²) in [5, 5.41) is 3.09. The maximum atomic E-state index is 13.8. The van der Waals surface area contributed by atoms with E-state index >= 15 is 0 Å². The standard InChI is InChI=1S/C14H19FN2O3/c1-19-7-3-6-17-13(18)9-16-14(17)10-4-5-12(20-2)11(15)8-10/h4-5,8,14,16H,3,6-7,9H2,1-2H3. The van der Waals surface area contributed by atoms with Crippen LogP contribution in [0, 0.1) is 5.82 Å². The third-order valence-corrected chi connectivity index (χ3v) is 3.32. The molecule has 0 aliphatic carbocycles. The minimum atomic E-state index is -0.428. The van der Waals surface area contributed by atoms with Gasteiger partial charge in [0.2, 0.25) is 5.91 Å². The second-order valence-electron chi connectivity index (χ2n) is 4.61. The SMILES string of the molecule is COCCCN1C(=O)CNC1c1ccc(OC)c(F)c1. The fourth-order valence-electron chi connectivity index (χ4n) is 2.32. The van der Waals surface area contributed by atoms with E-state index in [1.54, 1.807) is 24.1 Å². The molecular weight excluding hydrogens is 263 g/mol. The molecule has 1 unspecified atom stereocenters. The highest BCUT2D eigenvalue weighted by atomic mass is 19.1. The number of hydrogen-bond donors (Lipinski definition) is 1. The predicted octanol–water partition coefficient (Wildman–Crippen LogP) is 1.30. The predicted molar refractivity (Wildman–Crippen MR) is 71.9 cm³/mol. The molecule has 1 N–H and O–H groups in total. The van der Waals surface area contributed by atoms with Gasteiger partial charge >= 0.3 is 0 Å². The van der Waals surface area contributed by atoms with E-state index in [0.717, 1.165) is 6.42 Å². The minimum Gasteiger partial charge on any atom is -0.494 e. The van der Waals surface area contributed by atoms with Crippen LogP contribution in [0.2, 0.25) is 0 Å². The van der Waals surface area contributed by atoms with Crippen LogP contribution in [0.3, 0.4) is 0 Å². The summed E-state index contributed by atoms with van der Waals surface area (Å²) in [5.41, 5.74) is 0.714. The van der Waals surface area contributed by atoms with Gasteiger partial charge in [-0.15, -0.1) is 0 Å². The summed E-state index contributed by atoms with van der Waals surface area (Å²) < 4.78 is 23.6. The van der Waals surface area contributed by atoms with Gasteiger partial charge in [0.15, 0.2) is 11.6 Å². The molecule has 1 aromatic carbocycles. The van der Waals surface area contributed by atoms with Gasteiger partial charge < -0.3 is 14.4 Å². The van der Waals surface area contributed by atoms with E-state index in [4.69, 9.17) is 9.47 Å². The lowest BCUT2D eigenvalue weighted by Crippen LogP contribution is -2.31. The van der Waals surface area contributed by atoms with E-state index in [9.17, 15) is 9.18 Å². The average Bonchev–Trinajstić information content (AvgIpc) is 2.80. The monoisotopic (exact) mass is 282 g/mol. The quantitative estimate of drug-likeness (QED) is 0.799. The first-order valence-corrected chi connectivity index (χ1v) is 6.52. The third-order valence-electron chi connectivity index (χ3n) is 3.32. The number of ether oxygens (including phenoxy) is 2. The van der Waals surface area contributed by atoms with Gasteiger partial charge in [0.05, 0.1) is 13.7 Å². The Bertz CT molecular complexity index is 481. The summed E-state index contributed by atoms with van der Waals surface area (Å²) in [6, 6.07) is 4.74. The van der Waals surface area contributed by atoms with E-state index in [0.29, 0.717) is 18.7 Å². The molecule has 2 rings (SSSR count). The van der Waals surface area contributed by atoms with Gasteiger partial charge in [0, 0.05) is 20.3 Å². The Morgan fingerprint density at radius 1 is 1.45 bits per heavy atom. The van der Waals surface area contributed by atoms with Gasteiger partial charge in [0.1, 0.15) is 6.17 Å². The summed E-state index contributed by atoms with van der Waals surface area (Å²) in [7, 11) is 3.05. The number of hydrogen-bond acceptors (Lipinski definition) is 4. The molecule has 110 valence electrons. The van der Waals surface area contributed by atoms with Crippen molar-refractivity contribution in [1.29, 1.82) is 0 Å². The lowest BCUT2D eigenvalue weighted by atomic mass is 10.1. The number of nitrogens with zero attached hydrogens (tertiary/aromatic N) is 1. The first-order chi connectivity index (χ1) is 9.67. The first-order valence-electron chi connectivity index (χ1n) is 6.52. The highest BCUT2D eigenvalue weighted by Crippen LogP contribution is 2.26. The second-order valence-corrected chi connectivity index (χ2v) is 4.61. The first kappa shape index (κ1) is 14.7. The number of carbonyl (C=O) groups is 1. The van der Waals surface area contributed by atoms with Crippen molar-refractivity contribution in [3.8, 4) is 5.75 Å². The molecule has 0 radical (unpaired) electrons. The number of benzene rings is 1. The number of methoxy groups -OCH3 is 2. The summed E-state index contributed by atoms with van der Waals surface area (Å²) in [4.78, 5) is 13.6. The Hall–Kier alpha value is -1.66. The van der Waals surface area contributed by atoms with Crippen molar-refractivity contribution in [3.63, 3.8) is 0 Å². The normalized spacial score (nSPS) is 18.6. The van der Waals surface area contributed by atoms with E-state index in [-0.39, 0.29) is 24.4 Å². The molecule has 1 aliphatic rings. The van der Waals surface area contributed by atoms with E-state index < -0.39 is 5.82 Å². The Kier molecular flexibility index (Phi) is 4.92. The highest BCUT2D eigenvalue weighted by Gasteiger charge is 2.31. The molecule has 1 aliphatic heterocycles. The molecular formula is C14H19FN2O3. The number of amides is 1. The van der Waals surface area contributed by atoms with E-state index in [2.05, 4.69) is 5.32 Å². The molecule has 6 heteroatoms. The van der Waals surface area contributed by atoms with Crippen LogP contribution in [-0.2, 0) is 9.53 Å². The van der Waals surface area contributed by atoms with Gasteiger partial charge in [-0.25, -0.2) is 4.39 Å². The molecule has 1 saturated heterocycles. The Morgan fingerprint density at radius 3 is 2.90 bits per heavy atom. The van der Waals surface area contributed by atoms with Crippen LogP contribution in [0.25, 0.3) is 0 Å². The highest BCUT2D eigenvalue weighted by molar-refractivity contribution is 5.80. The molecule has 1 fully saturated rings. The lowest BCUT2D eigenvalue weighted by Gasteiger charge is -2.24. The zero-order valence-electron chi connectivity index (χ0n) is 11.7. The molecule has 0 saturated carbocycles. The van der Waals surface area contributed by atoms with Crippen molar-refractivity contribution in [3.05, 3.63) is 29.6 Å². The smallest absolute Gasteiger partial charge is 0.238 e. The fourth-order valence-corrected chi connectivity index (χ4v) is 2.32. The van der Waals surface area contributed by atoms with Crippen LogP contribution in [-0.4, -0.2) is 44.7 Å². The van der Waals surface area contributed by atoms with Crippen molar-refractivity contribution < 1.29 is 18.7 Å². The number of rotatable bonds is 6. The second kappa shape index (κ2) is 6.67. The van der Waals surface area contributed by atoms with Gasteiger partial charge in [0.25, 0.3) is 0 Å². The summed E-state index contributed by atoms with van der Waals surface area (Å²) in [6.07, 6.45) is 0.457. The summed E-state index contributed by atoms with van der Waals surface area (Å²) in [6.45, 7) is 1.44. The molecule has 1 heterocycles. The van der Waals surface area contributed by atoms with E-state index in [1.165, 1.54) is 13.2 Å². The van der Waals surface area contributed by atoms with Gasteiger partial charge in [-0.2, -0.15) is 0 Å². The lowest BCUT2D eigenvalue weighted by molar-refractivity contribution is -0.128. The molecule has 0 bridgehead atoms. The molecule has 20 heavy (non-hydrogen) atoms. The number of halogens is 1. The van der Waals surface area contributed by atoms with Crippen molar-refractivity contribution in [2.75, 3.05) is 33.9 Å². The van der Waals surface area contributed by atoms with Crippen LogP contribution < -0.4 is 10.1 Å². The fraction of sp³-hybridized carbons (Fsp3) is 0.500. The Morgan fingerprint density at radius 2 is 2.25 bits per heavy atom. The zero-order valence-corrected chi connectivity index (χ0v) is 11.7. The largest absolute Gasteiger partial charge is 0.494 e. The molecule has 0 aromatic heterocycles. The van der Waals surface area contributed by atoms with Crippen molar-refractivity contribution in [2.45, 2.75) is 12.6 Å². The molecule has 0 spiro atoms. The molecule has 1 amide bonds. The number of carbonyl (C=O) groups excluding carboxylic acids is 1. The van der Waals surface area contributed by atoms with Crippen molar-refractivity contribution in [2.24, 2.45) is 0 Å². The van der Waals surface area contributed by atoms with Gasteiger partial charge in [-0.05, 0) is 24.1 Å². The van der Waals surface area contributed by atoms with Crippen molar-refractivity contribution >= 4 is 5.91 Å². The topological polar surface area (TPSA) is 50.8 Å². The van der Waals surface area contributed by atoms with Gasteiger partial charge in [-0.1, -0.05) is 6.07 Å². The summed E-state index contributed by atoms with van der Waals surface area (Å²) >= 11 is 0. The minimum absolute atomic E-state index is 0.0160. The van der Waals surface area contributed by atoms with Crippen LogP contribution in [0.15, 0.2) is 18.2 Å². The van der Waals surface area contributed by atoms with E-state index in [1.807, 2.05) is 0 Å². The van der Waals surface area contributed by atoms with Crippen LogP contribution in [0.5, 0.6) is 5.75 Å². The summed E-state index contributed by atoms with van der Waals surface area (Å²) in [5.74, 6) is -0.214. The van der Waals surface area contributed by atoms with Crippen LogP contribution >= 0.6 is 0 Å². The van der Waals surface area contributed by atoms with Crippen LogP contribution in [0.4, 0.5) is 4.39 Å². The average molecular weight is 282 g/mol. The Labute approximate surface area is 117 Å². The zero-order chi connectivity index (χ0) is 14.5. The maximum Gasteiger partial charge on any atom is 0.238 e. The molecule has 1 atom stereocenters. The number of nitrogens with one attached hydrogen (secondary N) is 1. The van der Waals surface area contributed by atoms with Gasteiger partial charge in [-0.3, -0.25) is 10.1 Å². The van der Waals surface area contributed by atoms with Crippen LogP contribution in [0.1, 0.15) is 18.2 Å². The maximum absolute atomic E-state index is 13.8. The third kappa shape index (κ3) is 3.08.